The number of hydrogen-bond acceptors (Lipinski definition) is 4. The predicted octanol–water partition coefficient (Wildman–Crippen LogP) is 3.74. The van der Waals surface area contributed by atoms with Gasteiger partial charge in [-0.2, -0.15) is 0 Å². The van der Waals surface area contributed by atoms with Gasteiger partial charge in [-0.05, 0) is 35.7 Å². The summed E-state index contributed by atoms with van der Waals surface area (Å²) in [5, 5.41) is 11.3. The van der Waals surface area contributed by atoms with Crippen LogP contribution in [0.2, 0.25) is 0 Å². The highest BCUT2D eigenvalue weighted by Gasteiger charge is 2.07. The number of methoxy groups -OCH3 is 1. The summed E-state index contributed by atoms with van der Waals surface area (Å²) in [5.41, 5.74) is 0. The number of rotatable bonds is 3. The normalized spacial score (nSPS) is 10.4. The summed E-state index contributed by atoms with van der Waals surface area (Å²) in [5.74, 6) is 1.91. The number of nitrogens with zero attached hydrogens (tertiary/aromatic N) is 1. The van der Waals surface area contributed by atoms with Crippen molar-refractivity contribution < 1.29 is 14.6 Å². The van der Waals surface area contributed by atoms with E-state index in [0.717, 1.165) is 16.5 Å². The van der Waals surface area contributed by atoms with Gasteiger partial charge in [-0.25, -0.2) is 4.98 Å². The highest BCUT2D eigenvalue weighted by Crippen LogP contribution is 2.31. The van der Waals surface area contributed by atoms with Crippen LogP contribution >= 0.6 is 0 Å². The smallest absolute Gasteiger partial charge is 0.227 e. The summed E-state index contributed by atoms with van der Waals surface area (Å²) in [6, 6.07) is 14.2. The molecule has 0 spiro atoms. The van der Waals surface area contributed by atoms with Gasteiger partial charge in [0.1, 0.15) is 17.2 Å². The molecule has 100 valence electrons. The fourth-order valence-corrected chi connectivity index (χ4v) is 1.99. The van der Waals surface area contributed by atoms with Gasteiger partial charge in [0, 0.05) is 17.6 Å². The van der Waals surface area contributed by atoms with Crippen LogP contribution in [-0.4, -0.2) is 17.2 Å². The maximum Gasteiger partial charge on any atom is 0.227 e. The topological polar surface area (TPSA) is 51.6 Å². The molecule has 3 aromatic rings. The van der Waals surface area contributed by atoms with E-state index < -0.39 is 0 Å². The molecule has 0 saturated heterocycles. The number of fused-ring (bicyclic) bond motifs is 1. The van der Waals surface area contributed by atoms with Gasteiger partial charge in [0.15, 0.2) is 0 Å². The van der Waals surface area contributed by atoms with Crippen LogP contribution in [0.3, 0.4) is 0 Å². The minimum Gasteiger partial charge on any atom is -0.508 e. The van der Waals surface area contributed by atoms with E-state index in [-0.39, 0.29) is 5.75 Å². The van der Waals surface area contributed by atoms with E-state index in [2.05, 4.69) is 4.98 Å². The van der Waals surface area contributed by atoms with Gasteiger partial charge in [0.25, 0.3) is 0 Å². The molecule has 1 N–H and O–H groups in total. The third-order valence-corrected chi connectivity index (χ3v) is 2.97. The molecule has 0 aliphatic rings. The van der Waals surface area contributed by atoms with Crippen LogP contribution in [0, 0.1) is 0 Å². The summed E-state index contributed by atoms with van der Waals surface area (Å²) in [6.45, 7) is 0. The van der Waals surface area contributed by atoms with Gasteiger partial charge < -0.3 is 14.6 Å². The maximum absolute atomic E-state index is 9.47. The lowest BCUT2D eigenvalue weighted by Gasteiger charge is -2.09. The quantitative estimate of drug-likeness (QED) is 0.785. The van der Waals surface area contributed by atoms with Crippen molar-refractivity contribution in [1.29, 1.82) is 0 Å². The molecule has 0 aliphatic heterocycles. The predicted molar refractivity (Wildman–Crippen MR) is 76.5 cm³/mol. The zero-order valence-corrected chi connectivity index (χ0v) is 10.9. The molecule has 0 atom stereocenters. The second-order valence-corrected chi connectivity index (χ2v) is 4.30. The van der Waals surface area contributed by atoms with Crippen molar-refractivity contribution in [2.75, 3.05) is 7.11 Å². The lowest BCUT2D eigenvalue weighted by molar-refractivity contribution is 0.415. The molecule has 0 radical (unpaired) electrons. The first-order valence-corrected chi connectivity index (χ1v) is 6.16. The van der Waals surface area contributed by atoms with Crippen molar-refractivity contribution in [3.05, 3.63) is 54.7 Å². The monoisotopic (exact) mass is 267 g/mol. The highest BCUT2D eigenvalue weighted by atomic mass is 16.5. The van der Waals surface area contributed by atoms with Gasteiger partial charge in [-0.3, -0.25) is 0 Å². The molecule has 20 heavy (non-hydrogen) atoms. The van der Waals surface area contributed by atoms with E-state index in [0.29, 0.717) is 11.6 Å². The molecule has 1 aromatic heterocycles. The molecule has 4 nitrogen and oxygen atoms in total. The molecule has 0 unspecified atom stereocenters. The molecule has 0 aliphatic carbocycles. The zero-order chi connectivity index (χ0) is 13.9. The number of benzene rings is 2. The second-order valence-electron chi connectivity index (χ2n) is 4.30. The third kappa shape index (κ3) is 2.36. The number of phenolic OH excluding ortho intramolecular Hbond substituents is 1. The van der Waals surface area contributed by atoms with E-state index in [4.69, 9.17) is 9.47 Å². The Morgan fingerprint density at radius 1 is 1.00 bits per heavy atom. The summed E-state index contributed by atoms with van der Waals surface area (Å²) in [7, 11) is 1.62. The standard InChI is InChI=1S/C16H13NO3/c1-19-13-6-5-11-7-8-17-16(15(11)10-13)20-14-4-2-3-12(18)9-14/h2-10,18H,1H3. The van der Waals surface area contributed by atoms with Crippen molar-refractivity contribution in [2.24, 2.45) is 0 Å². The first-order valence-electron chi connectivity index (χ1n) is 6.16. The Balaban J connectivity index is 2.06. The molecule has 4 heteroatoms. The number of hydrogen-bond donors (Lipinski definition) is 1. The van der Waals surface area contributed by atoms with Crippen LogP contribution in [0.15, 0.2) is 54.7 Å². The number of aromatic hydroxyl groups is 1. The lowest BCUT2D eigenvalue weighted by Crippen LogP contribution is -1.90. The number of phenols is 1. The Hall–Kier alpha value is -2.75. The van der Waals surface area contributed by atoms with Crippen molar-refractivity contribution in [1.82, 2.24) is 4.98 Å². The van der Waals surface area contributed by atoms with E-state index in [1.165, 1.54) is 0 Å². The average molecular weight is 267 g/mol. The Morgan fingerprint density at radius 3 is 2.70 bits per heavy atom. The number of ether oxygens (including phenoxy) is 2. The Kier molecular flexibility index (Phi) is 3.13. The molecule has 0 amide bonds. The SMILES string of the molecule is COc1ccc2ccnc(Oc3cccc(O)c3)c2c1. The lowest BCUT2D eigenvalue weighted by atomic mass is 10.1. The highest BCUT2D eigenvalue weighted by molar-refractivity contribution is 5.88. The summed E-state index contributed by atoms with van der Waals surface area (Å²) < 4.78 is 11.0. The number of aromatic nitrogens is 1. The van der Waals surface area contributed by atoms with E-state index in [1.807, 2.05) is 24.3 Å². The van der Waals surface area contributed by atoms with Gasteiger partial charge in [0.2, 0.25) is 5.88 Å². The van der Waals surface area contributed by atoms with Crippen molar-refractivity contribution in [3.63, 3.8) is 0 Å². The fraction of sp³-hybridized carbons (Fsp3) is 0.0625. The van der Waals surface area contributed by atoms with Crippen LogP contribution in [-0.2, 0) is 0 Å². The Bertz CT molecular complexity index is 756. The first kappa shape index (κ1) is 12.3. The Labute approximate surface area is 116 Å². The van der Waals surface area contributed by atoms with Crippen LogP contribution < -0.4 is 9.47 Å². The molecule has 1 heterocycles. The van der Waals surface area contributed by atoms with Crippen molar-refractivity contribution in [2.45, 2.75) is 0 Å². The molecule has 0 saturated carbocycles. The van der Waals surface area contributed by atoms with Gasteiger partial charge in [-0.1, -0.05) is 12.1 Å². The summed E-state index contributed by atoms with van der Waals surface area (Å²) in [4.78, 5) is 4.25. The largest absolute Gasteiger partial charge is 0.508 e. The first-order chi connectivity index (χ1) is 9.76. The summed E-state index contributed by atoms with van der Waals surface area (Å²) in [6.07, 6.45) is 1.69. The van der Waals surface area contributed by atoms with Crippen LogP contribution in [0.1, 0.15) is 0 Å². The van der Waals surface area contributed by atoms with E-state index >= 15 is 0 Å². The summed E-state index contributed by atoms with van der Waals surface area (Å²) >= 11 is 0. The van der Waals surface area contributed by atoms with Crippen LogP contribution in [0.25, 0.3) is 10.8 Å². The zero-order valence-electron chi connectivity index (χ0n) is 10.9. The van der Waals surface area contributed by atoms with Crippen LogP contribution in [0.4, 0.5) is 0 Å². The Morgan fingerprint density at radius 2 is 1.90 bits per heavy atom. The average Bonchev–Trinajstić information content (AvgIpc) is 2.47. The molecule has 0 fully saturated rings. The fourth-order valence-electron chi connectivity index (χ4n) is 1.99. The minimum absolute atomic E-state index is 0.153. The molecule has 3 rings (SSSR count). The van der Waals surface area contributed by atoms with Crippen molar-refractivity contribution in [3.8, 4) is 23.1 Å². The molecule has 2 aromatic carbocycles. The van der Waals surface area contributed by atoms with Gasteiger partial charge in [-0.15, -0.1) is 0 Å². The maximum atomic E-state index is 9.47. The molecular weight excluding hydrogens is 254 g/mol. The minimum atomic E-state index is 0.153. The molecular formula is C16H13NO3. The van der Waals surface area contributed by atoms with E-state index in [9.17, 15) is 5.11 Å². The second kappa shape index (κ2) is 5.09. The van der Waals surface area contributed by atoms with Gasteiger partial charge in [0.05, 0.1) is 7.11 Å². The van der Waals surface area contributed by atoms with E-state index in [1.54, 1.807) is 37.6 Å². The third-order valence-electron chi connectivity index (χ3n) is 2.97. The van der Waals surface area contributed by atoms with Crippen LogP contribution in [0.5, 0.6) is 23.1 Å². The molecule has 0 bridgehead atoms. The van der Waals surface area contributed by atoms with Crippen molar-refractivity contribution >= 4 is 10.8 Å². The number of pyridine rings is 1. The van der Waals surface area contributed by atoms with Gasteiger partial charge >= 0.3 is 0 Å².